The number of hydrogen-bond donors (Lipinski definition) is 1. The smallest absolute Gasteiger partial charge is 0.264 e. The minimum atomic E-state index is -3.65. The average Bonchev–Trinajstić information content (AvgIpc) is 2.39. The van der Waals surface area contributed by atoms with E-state index >= 15 is 0 Å². The molecule has 2 rings (SSSR count). The minimum absolute atomic E-state index is 0.161. The minimum Gasteiger partial charge on any atom is -0.377 e. The van der Waals surface area contributed by atoms with Crippen molar-refractivity contribution >= 4 is 15.9 Å². The average molecular weight is 283 g/mol. The van der Waals surface area contributed by atoms with Crippen LogP contribution < -0.4 is 4.72 Å². The summed E-state index contributed by atoms with van der Waals surface area (Å²) in [4.78, 5) is 11.8. The van der Waals surface area contributed by atoms with E-state index in [1.165, 1.54) is 0 Å². The summed E-state index contributed by atoms with van der Waals surface area (Å²) in [5, 5.41) is 0. The van der Waals surface area contributed by atoms with Gasteiger partial charge < -0.3 is 4.74 Å². The Morgan fingerprint density at radius 3 is 2.63 bits per heavy atom. The van der Waals surface area contributed by atoms with Crippen molar-refractivity contribution in [3.8, 4) is 0 Å². The summed E-state index contributed by atoms with van der Waals surface area (Å²) in [5.74, 6) is -0.762. The molecule has 0 spiro atoms. The highest BCUT2D eigenvalue weighted by molar-refractivity contribution is 7.90. The van der Waals surface area contributed by atoms with Crippen molar-refractivity contribution in [2.75, 3.05) is 12.4 Å². The van der Waals surface area contributed by atoms with Crippen LogP contribution in [0.5, 0.6) is 0 Å². The number of benzene rings is 1. The number of hydrogen-bond acceptors (Lipinski definition) is 4. The van der Waals surface area contributed by atoms with Crippen molar-refractivity contribution in [3.05, 3.63) is 35.9 Å². The van der Waals surface area contributed by atoms with Crippen molar-refractivity contribution in [1.82, 2.24) is 4.72 Å². The van der Waals surface area contributed by atoms with E-state index in [2.05, 4.69) is 4.72 Å². The Morgan fingerprint density at radius 1 is 1.26 bits per heavy atom. The molecule has 1 atom stereocenters. The summed E-state index contributed by atoms with van der Waals surface area (Å²) in [6.45, 7) is 0.590. The lowest BCUT2D eigenvalue weighted by atomic mass is 10.1. The van der Waals surface area contributed by atoms with Crippen LogP contribution in [0.15, 0.2) is 30.3 Å². The van der Waals surface area contributed by atoms with Crippen molar-refractivity contribution in [3.63, 3.8) is 0 Å². The maximum absolute atomic E-state index is 11.9. The summed E-state index contributed by atoms with van der Waals surface area (Å²) in [6, 6.07) is 8.28. The van der Waals surface area contributed by atoms with E-state index in [-0.39, 0.29) is 11.9 Å². The Hall–Kier alpha value is -1.40. The predicted octanol–water partition coefficient (Wildman–Crippen LogP) is 1.32. The Bertz CT molecular complexity index is 521. The fraction of sp³-hybridized carbons (Fsp3) is 0.462. The Kier molecular flexibility index (Phi) is 4.55. The third-order valence-corrected chi connectivity index (χ3v) is 4.27. The molecule has 0 unspecified atom stereocenters. The molecule has 1 fully saturated rings. The third-order valence-electron chi connectivity index (χ3n) is 2.96. The van der Waals surface area contributed by atoms with Crippen molar-refractivity contribution < 1.29 is 17.9 Å². The van der Waals surface area contributed by atoms with Gasteiger partial charge in [-0.05, 0) is 31.4 Å². The van der Waals surface area contributed by atoms with Crippen LogP contribution in [0, 0.1) is 0 Å². The molecular weight excluding hydrogens is 266 g/mol. The maximum Gasteiger partial charge on any atom is 0.264 e. The van der Waals surface area contributed by atoms with Crippen molar-refractivity contribution in [2.24, 2.45) is 0 Å². The van der Waals surface area contributed by atoms with E-state index in [1.807, 2.05) is 0 Å². The first-order chi connectivity index (χ1) is 9.07. The number of nitrogens with one attached hydrogen (secondary N) is 1. The number of rotatable bonds is 4. The van der Waals surface area contributed by atoms with Gasteiger partial charge in [0.05, 0.1) is 11.9 Å². The van der Waals surface area contributed by atoms with Gasteiger partial charge in [-0.15, -0.1) is 0 Å². The van der Waals surface area contributed by atoms with Gasteiger partial charge in [0.25, 0.3) is 5.91 Å². The first-order valence-electron chi connectivity index (χ1n) is 6.28. The molecule has 1 saturated heterocycles. The predicted molar refractivity (Wildman–Crippen MR) is 71.3 cm³/mol. The second-order valence-electron chi connectivity index (χ2n) is 4.57. The van der Waals surface area contributed by atoms with E-state index in [0.717, 1.165) is 19.3 Å². The molecule has 5 nitrogen and oxygen atoms in total. The van der Waals surface area contributed by atoms with Crippen LogP contribution in [0.4, 0.5) is 0 Å². The number of carbonyl (C=O) groups is 1. The Labute approximate surface area is 113 Å². The van der Waals surface area contributed by atoms with Crippen LogP contribution in [0.25, 0.3) is 0 Å². The first-order valence-corrected chi connectivity index (χ1v) is 7.93. The molecule has 6 heteroatoms. The molecule has 0 radical (unpaired) electrons. The monoisotopic (exact) mass is 283 g/mol. The van der Waals surface area contributed by atoms with Crippen molar-refractivity contribution in [1.29, 1.82) is 0 Å². The zero-order valence-electron chi connectivity index (χ0n) is 10.5. The summed E-state index contributed by atoms with van der Waals surface area (Å²) in [6.07, 6.45) is 2.34. The van der Waals surface area contributed by atoms with Gasteiger partial charge in [-0.2, -0.15) is 0 Å². The normalized spacial score (nSPS) is 19.9. The number of ether oxygens (including phenoxy) is 1. The van der Waals surface area contributed by atoms with Gasteiger partial charge >= 0.3 is 0 Å². The zero-order valence-corrected chi connectivity index (χ0v) is 11.4. The SMILES string of the molecule is O=C(NS(=O)(=O)C[C@H]1CCCCO1)c1ccccc1. The van der Waals surface area contributed by atoms with Crippen LogP contribution in [0.1, 0.15) is 29.6 Å². The molecule has 104 valence electrons. The van der Waals surface area contributed by atoms with E-state index in [9.17, 15) is 13.2 Å². The van der Waals surface area contributed by atoms with Gasteiger partial charge in [-0.25, -0.2) is 13.1 Å². The summed E-state index contributed by atoms with van der Waals surface area (Å²) in [7, 11) is -3.65. The topological polar surface area (TPSA) is 72.5 Å². The molecule has 0 saturated carbocycles. The van der Waals surface area contributed by atoms with Gasteiger partial charge in [0.1, 0.15) is 0 Å². The second-order valence-corrected chi connectivity index (χ2v) is 6.33. The molecule has 0 aliphatic carbocycles. The standard InChI is InChI=1S/C13H17NO4S/c15-13(11-6-2-1-3-7-11)14-19(16,17)10-12-8-4-5-9-18-12/h1-3,6-7,12H,4-5,8-10H2,(H,14,15)/t12-/m1/s1. The van der Waals surface area contributed by atoms with E-state index in [0.29, 0.717) is 12.2 Å². The van der Waals surface area contributed by atoms with Crippen LogP contribution in [-0.2, 0) is 14.8 Å². The van der Waals surface area contributed by atoms with Gasteiger partial charge in [0, 0.05) is 12.2 Å². The molecule has 0 aromatic heterocycles. The van der Waals surface area contributed by atoms with Crippen molar-refractivity contribution in [2.45, 2.75) is 25.4 Å². The summed E-state index contributed by atoms with van der Waals surface area (Å²) < 4.78 is 31.2. The molecule has 1 aliphatic heterocycles. The van der Waals surface area contributed by atoms with Crippen LogP contribution >= 0.6 is 0 Å². The molecule has 1 N–H and O–H groups in total. The highest BCUT2D eigenvalue weighted by Crippen LogP contribution is 2.14. The molecule has 19 heavy (non-hydrogen) atoms. The van der Waals surface area contributed by atoms with Gasteiger partial charge in [0.2, 0.25) is 10.0 Å². The molecule has 1 aromatic carbocycles. The Balaban J connectivity index is 1.95. The highest BCUT2D eigenvalue weighted by atomic mass is 32.2. The molecule has 1 amide bonds. The van der Waals surface area contributed by atoms with E-state index in [1.54, 1.807) is 30.3 Å². The lowest BCUT2D eigenvalue weighted by molar-refractivity contribution is 0.0304. The van der Waals surface area contributed by atoms with E-state index in [4.69, 9.17) is 4.74 Å². The van der Waals surface area contributed by atoms with Crippen LogP contribution in [0.3, 0.4) is 0 Å². The number of amides is 1. The fourth-order valence-electron chi connectivity index (χ4n) is 2.01. The van der Waals surface area contributed by atoms with Crippen LogP contribution in [-0.4, -0.2) is 32.8 Å². The second kappa shape index (κ2) is 6.16. The highest BCUT2D eigenvalue weighted by Gasteiger charge is 2.23. The molecule has 0 bridgehead atoms. The molecular formula is C13H17NO4S. The Morgan fingerprint density at radius 2 is 2.00 bits per heavy atom. The van der Waals surface area contributed by atoms with E-state index < -0.39 is 15.9 Å². The van der Waals surface area contributed by atoms with Gasteiger partial charge in [0.15, 0.2) is 0 Å². The number of carbonyl (C=O) groups excluding carboxylic acids is 1. The lowest BCUT2D eigenvalue weighted by Crippen LogP contribution is -2.38. The quantitative estimate of drug-likeness (QED) is 0.904. The fourth-order valence-corrected chi connectivity index (χ4v) is 3.25. The van der Waals surface area contributed by atoms with Gasteiger partial charge in [-0.3, -0.25) is 4.79 Å². The lowest BCUT2D eigenvalue weighted by Gasteiger charge is -2.22. The van der Waals surface area contributed by atoms with Crippen LogP contribution in [0.2, 0.25) is 0 Å². The molecule has 1 aromatic rings. The van der Waals surface area contributed by atoms with Gasteiger partial charge in [-0.1, -0.05) is 18.2 Å². The largest absolute Gasteiger partial charge is 0.377 e. The third kappa shape index (κ3) is 4.33. The maximum atomic E-state index is 11.9. The molecule has 1 heterocycles. The summed E-state index contributed by atoms with van der Waals surface area (Å²) in [5.41, 5.74) is 0.329. The molecule has 1 aliphatic rings. The zero-order chi connectivity index (χ0) is 13.7. The number of sulfonamides is 1. The summed E-state index contributed by atoms with van der Waals surface area (Å²) >= 11 is 0. The first kappa shape index (κ1) is 14.0.